The molecular formula is C14H10N2O6. The predicted molar refractivity (Wildman–Crippen MR) is 68.1 cm³/mol. The van der Waals surface area contributed by atoms with Crippen molar-refractivity contribution < 1.29 is 28.8 Å². The van der Waals surface area contributed by atoms with Crippen LogP contribution >= 0.6 is 0 Å². The molecule has 0 saturated carbocycles. The molecule has 0 aliphatic carbocycles. The van der Waals surface area contributed by atoms with E-state index in [1.54, 1.807) is 24.3 Å². The van der Waals surface area contributed by atoms with Crippen molar-refractivity contribution in [2.24, 2.45) is 0 Å². The maximum Gasteiger partial charge on any atom is 0.373 e. The number of nitrogens with one attached hydrogen (secondary N) is 1. The Hall–Kier alpha value is -3.12. The molecule has 1 aromatic rings. The molecule has 1 saturated heterocycles. The number of amides is 4. The largest absolute Gasteiger partial charge is 0.373 e. The summed E-state index contributed by atoms with van der Waals surface area (Å²) in [7, 11) is 0. The van der Waals surface area contributed by atoms with E-state index in [1.165, 1.54) is 0 Å². The first-order valence-corrected chi connectivity index (χ1v) is 6.31. The van der Waals surface area contributed by atoms with Gasteiger partial charge in [0.1, 0.15) is 6.04 Å². The SMILES string of the molecule is O=C1CCC(N2C(=O)c3ccccc3C2=O)C(=O)N1.O=C=O. The van der Waals surface area contributed by atoms with Crippen molar-refractivity contribution in [1.82, 2.24) is 10.2 Å². The monoisotopic (exact) mass is 302 g/mol. The Morgan fingerprint density at radius 3 is 1.95 bits per heavy atom. The Morgan fingerprint density at radius 2 is 1.50 bits per heavy atom. The van der Waals surface area contributed by atoms with Crippen LogP contribution in [0.4, 0.5) is 0 Å². The lowest BCUT2D eigenvalue weighted by molar-refractivity contribution is -0.191. The molecule has 1 N–H and O–H groups in total. The minimum atomic E-state index is -0.898. The number of fused-ring (bicyclic) bond motifs is 1. The van der Waals surface area contributed by atoms with Gasteiger partial charge in [0.15, 0.2) is 0 Å². The first kappa shape index (κ1) is 15.3. The van der Waals surface area contributed by atoms with Crippen LogP contribution < -0.4 is 5.32 Å². The van der Waals surface area contributed by atoms with Gasteiger partial charge in [0.25, 0.3) is 11.8 Å². The summed E-state index contributed by atoms with van der Waals surface area (Å²) >= 11 is 0. The molecule has 1 unspecified atom stereocenters. The highest BCUT2D eigenvalue weighted by Crippen LogP contribution is 2.26. The third kappa shape index (κ3) is 2.55. The van der Waals surface area contributed by atoms with E-state index in [4.69, 9.17) is 9.59 Å². The molecule has 1 fully saturated rings. The zero-order valence-corrected chi connectivity index (χ0v) is 11.2. The molecule has 112 valence electrons. The zero-order chi connectivity index (χ0) is 16.3. The Kier molecular flexibility index (Phi) is 4.24. The second kappa shape index (κ2) is 6.11. The van der Waals surface area contributed by atoms with E-state index in [0.717, 1.165) is 4.90 Å². The first-order valence-electron chi connectivity index (χ1n) is 6.31. The van der Waals surface area contributed by atoms with Gasteiger partial charge in [-0.3, -0.25) is 29.4 Å². The first-order chi connectivity index (χ1) is 10.5. The molecule has 0 bridgehead atoms. The summed E-state index contributed by atoms with van der Waals surface area (Å²) in [6.45, 7) is 0. The molecule has 0 spiro atoms. The average Bonchev–Trinajstić information content (AvgIpc) is 2.73. The van der Waals surface area contributed by atoms with Gasteiger partial charge in [0.2, 0.25) is 11.8 Å². The molecule has 2 heterocycles. The predicted octanol–water partition coefficient (Wildman–Crippen LogP) is -0.496. The van der Waals surface area contributed by atoms with Gasteiger partial charge in [-0.1, -0.05) is 12.1 Å². The van der Waals surface area contributed by atoms with Crippen LogP contribution in [0.2, 0.25) is 0 Å². The summed E-state index contributed by atoms with van der Waals surface area (Å²) in [5.41, 5.74) is 0.606. The van der Waals surface area contributed by atoms with E-state index >= 15 is 0 Å². The van der Waals surface area contributed by atoms with E-state index in [0.29, 0.717) is 11.1 Å². The smallest absolute Gasteiger partial charge is 0.295 e. The van der Waals surface area contributed by atoms with Gasteiger partial charge in [-0.25, -0.2) is 0 Å². The van der Waals surface area contributed by atoms with E-state index in [1.807, 2.05) is 0 Å². The second-order valence-corrected chi connectivity index (χ2v) is 4.58. The standard InChI is InChI=1S/C13H10N2O4.CO2/c16-10-6-5-9(11(17)14-10)15-12(18)7-3-1-2-4-8(7)13(15)19;2-1-3/h1-4,9H,5-6H2,(H,14,16,17);. The van der Waals surface area contributed by atoms with E-state index in [-0.39, 0.29) is 24.9 Å². The molecule has 3 rings (SSSR count). The number of rotatable bonds is 1. The average molecular weight is 302 g/mol. The van der Waals surface area contributed by atoms with Crippen molar-refractivity contribution >= 4 is 29.8 Å². The number of imide groups is 2. The van der Waals surface area contributed by atoms with E-state index < -0.39 is 23.8 Å². The van der Waals surface area contributed by atoms with Crippen molar-refractivity contribution in [3.63, 3.8) is 0 Å². The van der Waals surface area contributed by atoms with Crippen LogP contribution in [0.3, 0.4) is 0 Å². The van der Waals surface area contributed by atoms with Crippen LogP contribution in [0.5, 0.6) is 0 Å². The summed E-state index contributed by atoms with van der Waals surface area (Å²) in [5, 5.41) is 2.15. The number of hydrogen-bond donors (Lipinski definition) is 1. The molecular weight excluding hydrogens is 292 g/mol. The minimum Gasteiger partial charge on any atom is -0.295 e. The number of hydrogen-bond acceptors (Lipinski definition) is 6. The molecule has 8 heteroatoms. The lowest BCUT2D eigenvalue weighted by atomic mass is 10.0. The lowest BCUT2D eigenvalue weighted by Crippen LogP contribution is -2.54. The van der Waals surface area contributed by atoms with Gasteiger partial charge in [-0.05, 0) is 18.6 Å². The Morgan fingerprint density at radius 1 is 1.00 bits per heavy atom. The molecule has 8 nitrogen and oxygen atoms in total. The van der Waals surface area contributed by atoms with Crippen molar-refractivity contribution in [3.05, 3.63) is 35.4 Å². The van der Waals surface area contributed by atoms with Gasteiger partial charge in [0.05, 0.1) is 11.1 Å². The molecule has 22 heavy (non-hydrogen) atoms. The van der Waals surface area contributed by atoms with E-state index in [9.17, 15) is 19.2 Å². The van der Waals surface area contributed by atoms with Gasteiger partial charge in [-0.2, -0.15) is 9.59 Å². The summed E-state index contributed by atoms with van der Waals surface area (Å²) in [6, 6.07) is 5.55. The second-order valence-electron chi connectivity index (χ2n) is 4.58. The molecule has 1 atom stereocenters. The molecule has 2 aliphatic heterocycles. The lowest BCUT2D eigenvalue weighted by Gasteiger charge is -2.27. The van der Waals surface area contributed by atoms with Crippen molar-refractivity contribution in [2.45, 2.75) is 18.9 Å². The fourth-order valence-electron chi connectivity index (χ4n) is 2.42. The zero-order valence-electron chi connectivity index (χ0n) is 11.2. The van der Waals surface area contributed by atoms with Gasteiger partial charge < -0.3 is 0 Å². The Balaban J connectivity index is 0.000000545. The fraction of sp³-hybridized carbons (Fsp3) is 0.214. The number of carbonyl (C=O) groups excluding carboxylic acids is 6. The summed E-state index contributed by atoms with van der Waals surface area (Å²) < 4.78 is 0. The number of carbonyl (C=O) groups is 4. The van der Waals surface area contributed by atoms with Crippen LogP contribution in [0, 0.1) is 0 Å². The topological polar surface area (TPSA) is 118 Å². The number of nitrogens with zero attached hydrogens (tertiary/aromatic N) is 1. The third-order valence-corrected chi connectivity index (χ3v) is 3.35. The molecule has 0 aromatic heterocycles. The molecule has 1 aromatic carbocycles. The van der Waals surface area contributed by atoms with Crippen LogP contribution in [-0.2, 0) is 19.2 Å². The summed E-state index contributed by atoms with van der Waals surface area (Å²) in [6.07, 6.45) is 0.556. The highest BCUT2D eigenvalue weighted by molar-refractivity contribution is 6.23. The van der Waals surface area contributed by atoms with Crippen LogP contribution in [0.25, 0.3) is 0 Å². The molecule has 2 aliphatic rings. The Bertz CT molecular complexity index is 670. The fourth-order valence-corrected chi connectivity index (χ4v) is 2.42. The quantitative estimate of drug-likeness (QED) is 0.699. The summed E-state index contributed by atoms with van der Waals surface area (Å²) in [5.74, 6) is -1.92. The normalized spacial score (nSPS) is 19.8. The number of benzene rings is 1. The van der Waals surface area contributed by atoms with Gasteiger partial charge in [0, 0.05) is 6.42 Å². The molecule has 0 radical (unpaired) electrons. The van der Waals surface area contributed by atoms with Crippen molar-refractivity contribution in [3.8, 4) is 0 Å². The van der Waals surface area contributed by atoms with Crippen LogP contribution in [-0.4, -0.2) is 40.7 Å². The minimum absolute atomic E-state index is 0.129. The maximum atomic E-state index is 12.2. The highest BCUT2D eigenvalue weighted by Gasteiger charge is 2.44. The molecule has 4 amide bonds. The van der Waals surface area contributed by atoms with E-state index in [2.05, 4.69) is 5.32 Å². The Labute approximate surface area is 124 Å². The van der Waals surface area contributed by atoms with Crippen LogP contribution in [0.15, 0.2) is 24.3 Å². The maximum absolute atomic E-state index is 12.2. The third-order valence-electron chi connectivity index (χ3n) is 3.35. The van der Waals surface area contributed by atoms with Gasteiger partial charge in [-0.15, -0.1) is 0 Å². The highest BCUT2D eigenvalue weighted by atomic mass is 16.2. The van der Waals surface area contributed by atoms with Gasteiger partial charge >= 0.3 is 6.15 Å². The van der Waals surface area contributed by atoms with Crippen molar-refractivity contribution in [2.75, 3.05) is 0 Å². The van der Waals surface area contributed by atoms with Crippen molar-refractivity contribution in [1.29, 1.82) is 0 Å². The number of piperidine rings is 1. The summed E-state index contributed by atoms with van der Waals surface area (Å²) in [4.78, 5) is 64.4. The van der Waals surface area contributed by atoms with Crippen LogP contribution in [0.1, 0.15) is 33.6 Å².